The highest BCUT2D eigenvalue weighted by Crippen LogP contribution is 2.39. The summed E-state index contributed by atoms with van der Waals surface area (Å²) < 4.78 is 7.15. The zero-order valence-corrected chi connectivity index (χ0v) is 28.6. The van der Waals surface area contributed by atoms with Crippen molar-refractivity contribution in [1.29, 1.82) is 0 Å². The first-order valence-corrected chi connectivity index (χ1v) is 18.5. The molecule has 1 aliphatic rings. The van der Waals surface area contributed by atoms with Gasteiger partial charge >= 0.3 is 6.03 Å². The van der Waals surface area contributed by atoms with E-state index in [-0.39, 0.29) is 29.1 Å². The molecule has 9 nitrogen and oxygen atoms in total. The summed E-state index contributed by atoms with van der Waals surface area (Å²) in [6, 6.07) is -0.431. The van der Waals surface area contributed by atoms with E-state index >= 15 is 0 Å². The van der Waals surface area contributed by atoms with Crippen LogP contribution in [0.3, 0.4) is 0 Å². The third kappa shape index (κ3) is 12.1. The van der Waals surface area contributed by atoms with E-state index < -0.39 is 13.9 Å². The van der Waals surface area contributed by atoms with Crippen molar-refractivity contribution in [3.63, 3.8) is 0 Å². The standard InChI is InChI=1S/C31H59N5O4Si/c1-24(2)20-35(29(38)33-17-16-26-19-32-22-34-26)21-28(39-41(9,10)31(6,7)8)27(18-25-14-12-11-13-15-25)36(23-37)40-30(3,4)5/h19,22-25,27-28H,11-18,20-21H2,1-10H3,(H,32,34)(H,33,38). The van der Waals surface area contributed by atoms with Crippen LogP contribution in [0.1, 0.15) is 99.6 Å². The first-order valence-electron chi connectivity index (χ1n) is 15.6. The Labute approximate surface area is 250 Å². The van der Waals surface area contributed by atoms with E-state index in [1.807, 2.05) is 31.9 Å². The number of nitrogens with one attached hydrogen (secondary N) is 2. The molecular weight excluding hydrogens is 534 g/mol. The molecule has 1 aliphatic carbocycles. The lowest BCUT2D eigenvalue weighted by Crippen LogP contribution is -2.58. The molecular formula is C31H59N5O4Si. The van der Waals surface area contributed by atoms with Gasteiger partial charge in [-0.2, -0.15) is 0 Å². The molecule has 0 aromatic carbocycles. The fraction of sp³-hybridized carbons (Fsp3) is 0.839. The fourth-order valence-corrected chi connectivity index (χ4v) is 6.54. The molecule has 2 unspecified atom stereocenters. The molecule has 2 atom stereocenters. The van der Waals surface area contributed by atoms with E-state index in [2.05, 4.69) is 63.0 Å². The summed E-state index contributed by atoms with van der Waals surface area (Å²) in [6.45, 7) is 22.7. The molecule has 0 saturated heterocycles. The van der Waals surface area contributed by atoms with Crippen LogP contribution < -0.4 is 5.32 Å². The van der Waals surface area contributed by atoms with Crippen LogP contribution in [0, 0.1) is 11.8 Å². The molecule has 41 heavy (non-hydrogen) atoms. The molecule has 2 rings (SSSR count). The van der Waals surface area contributed by atoms with Crippen molar-refractivity contribution < 1.29 is 18.9 Å². The van der Waals surface area contributed by atoms with Gasteiger partial charge in [0.15, 0.2) is 8.32 Å². The highest BCUT2D eigenvalue weighted by atomic mass is 28.4. The molecule has 0 radical (unpaired) electrons. The van der Waals surface area contributed by atoms with E-state index in [1.54, 1.807) is 6.33 Å². The van der Waals surface area contributed by atoms with Gasteiger partial charge in [-0.1, -0.05) is 66.7 Å². The van der Waals surface area contributed by atoms with Crippen molar-refractivity contribution in [3.8, 4) is 0 Å². The Hall–Kier alpha value is -1.91. The van der Waals surface area contributed by atoms with Gasteiger partial charge in [-0.3, -0.25) is 9.63 Å². The van der Waals surface area contributed by atoms with Gasteiger partial charge in [0, 0.05) is 32.3 Å². The highest BCUT2D eigenvalue weighted by molar-refractivity contribution is 6.74. The fourth-order valence-electron chi connectivity index (χ4n) is 5.20. The van der Waals surface area contributed by atoms with Crippen LogP contribution in [0.4, 0.5) is 4.79 Å². The quantitative estimate of drug-likeness (QED) is 0.137. The smallest absolute Gasteiger partial charge is 0.317 e. The number of amides is 3. The van der Waals surface area contributed by atoms with Gasteiger partial charge in [0.2, 0.25) is 6.41 Å². The second kappa shape index (κ2) is 15.5. The number of carbonyl (C=O) groups excluding carboxylic acids is 2. The summed E-state index contributed by atoms with van der Waals surface area (Å²) in [6.07, 6.45) is 11.4. The third-order valence-electron chi connectivity index (χ3n) is 8.28. The first kappa shape index (κ1) is 35.3. The number of urea groups is 1. The van der Waals surface area contributed by atoms with Crippen LogP contribution >= 0.6 is 0 Å². The van der Waals surface area contributed by atoms with Gasteiger partial charge in [0.25, 0.3) is 0 Å². The summed E-state index contributed by atoms with van der Waals surface area (Å²) in [5.74, 6) is 0.761. The van der Waals surface area contributed by atoms with Gasteiger partial charge in [0.05, 0.1) is 29.8 Å². The Morgan fingerprint density at radius 1 is 1.15 bits per heavy atom. The summed E-state index contributed by atoms with van der Waals surface area (Å²) in [5.41, 5.74) is 0.363. The lowest BCUT2D eigenvalue weighted by atomic mass is 9.83. The monoisotopic (exact) mass is 593 g/mol. The Morgan fingerprint density at radius 3 is 2.32 bits per heavy atom. The van der Waals surface area contributed by atoms with Crippen LogP contribution in [-0.2, 0) is 20.5 Å². The Bertz CT molecular complexity index is 905. The first-order chi connectivity index (χ1) is 19.0. The van der Waals surface area contributed by atoms with Crippen molar-refractivity contribution in [3.05, 3.63) is 18.2 Å². The lowest BCUT2D eigenvalue weighted by Gasteiger charge is -2.46. The molecule has 1 fully saturated rings. The number of aromatic amines is 1. The zero-order chi connectivity index (χ0) is 30.8. The number of imidazole rings is 1. The van der Waals surface area contributed by atoms with Crippen molar-refractivity contribution in [1.82, 2.24) is 25.2 Å². The Morgan fingerprint density at radius 2 is 1.80 bits per heavy atom. The van der Waals surface area contributed by atoms with Crippen molar-refractivity contribution in [2.45, 2.75) is 136 Å². The number of hydroxylamine groups is 2. The predicted octanol–water partition coefficient (Wildman–Crippen LogP) is 6.54. The molecule has 1 heterocycles. The Kier molecular flexibility index (Phi) is 13.4. The van der Waals surface area contributed by atoms with Gasteiger partial charge in [-0.05, 0) is 57.2 Å². The van der Waals surface area contributed by atoms with Crippen molar-refractivity contribution in [2.24, 2.45) is 11.8 Å². The SMILES string of the molecule is CC(C)CN(CC(O[Si](C)(C)C(C)(C)C)C(CC1CCCCC1)N(C=O)OC(C)(C)C)C(=O)NCCc1c[nH]cn1. The van der Waals surface area contributed by atoms with Crippen LogP contribution in [0.25, 0.3) is 0 Å². The Balaban J connectivity index is 2.43. The van der Waals surface area contributed by atoms with Crippen molar-refractivity contribution in [2.75, 3.05) is 19.6 Å². The number of hydrogen-bond acceptors (Lipinski definition) is 5. The third-order valence-corrected chi connectivity index (χ3v) is 12.8. The molecule has 1 aromatic heterocycles. The molecule has 1 saturated carbocycles. The van der Waals surface area contributed by atoms with Gasteiger partial charge in [-0.25, -0.2) is 14.8 Å². The van der Waals surface area contributed by atoms with Crippen molar-refractivity contribution >= 4 is 20.8 Å². The molecule has 236 valence electrons. The van der Waals surface area contributed by atoms with E-state index in [9.17, 15) is 9.59 Å². The van der Waals surface area contributed by atoms with E-state index in [0.717, 1.165) is 31.4 Å². The zero-order valence-electron chi connectivity index (χ0n) is 27.6. The summed E-state index contributed by atoms with van der Waals surface area (Å²) in [4.78, 5) is 41.6. The molecule has 0 aliphatic heterocycles. The second-order valence-corrected chi connectivity index (χ2v) is 19.5. The van der Waals surface area contributed by atoms with E-state index in [4.69, 9.17) is 9.26 Å². The molecule has 3 amide bonds. The lowest BCUT2D eigenvalue weighted by molar-refractivity contribution is -0.244. The minimum absolute atomic E-state index is 0.0355. The normalized spacial score (nSPS) is 16.9. The average molecular weight is 594 g/mol. The number of nitrogens with zero attached hydrogens (tertiary/aromatic N) is 3. The van der Waals surface area contributed by atoms with Gasteiger partial charge < -0.3 is 19.6 Å². The molecule has 0 spiro atoms. The largest absolute Gasteiger partial charge is 0.410 e. The van der Waals surface area contributed by atoms with Crippen LogP contribution in [0.5, 0.6) is 0 Å². The topological polar surface area (TPSA) is 99.8 Å². The molecule has 10 heteroatoms. The number of rotatable bonds is 15. The average Bonchev–Trinajstić information content (AvgIpc) is 3.37. The molecule has 0 bridgehead atoms. The number of H-pyrrole nitrogens is 1. The highest BCUT2D eigenvalue weighted by Gasteiger charge is 2.44. The molecule has 2 N–H and O–H groups in total. The summed E-state index contributed by atoms with van der Waals surface area (Å²) in [5, 5.41) is 4.57. The summed E-state index contributed by atoms with van der Waals surface area (Å²) in [7, 11) is -2.29. The van der Waals surface area contributed by atoms with Crippen LogP contribution in [0.15, 0.2) is 12.5 Å². The maximum Gasteiger partial charge on any atom is 0.317 e. The second-order valence-electron chi connectivity index (χ2n) is 14.7. The number of hydrogen-bond donors (Lipinski definition) is 2. The van der Waals surface area contributed by atoms with E-state index in [1.165, 1.54) is 24.3 Å². The summed E-state index contributed by atoms with van der Waals surface area (Å²) >= 11 is 0. The minimum Gasteiger partial charge on any atom is -0.410 e. The minimum atomic E-state index is -2.29. The molecule has 1 aromatic rings. The number of aromatic nitrogens is 2. The van der Waals surface area contributed by atoms with E-state index in [0.29, 0.717) is 32.0 Å². The van der Waals surface area contributed by atoms with Crippen LogP contribution in [-0.4, -0.2) is 78.1 Å². The van der Waals surface area contributed by atoms with Crippen LogP contribution in [0.2, 0.25) is 18.1 Å². The maximum atomic E-state index is 13.6. The van der Waals surface area contributed by atoms with Gasteiger partial charge in [-0.15, -0.1) is 0 Å². The maximum absolute atomic E-state index is 13.6. The predicted molar refractivity (Wildman–Crippen MR) is 168 cm³/mol. The van der Waals surface area contributed by atoms with Gasteiger partial charge in [0.1, 0.15) is 0 Å². The number of carbonyl (C=O) groups is 2.